The average molecular weight is 206 g/mol. The van der Waals surface area contributed by atoms with Gasteiger partial charge in [-0.2, -0.15) is 0 Å². The molecule has 0 saturated carbocycles. The van der Waals surface area contributed by atoms with Crippen molar-refractivity contribution in [2.75, 3.05) is 13.2 Å². The Morgan fingerprint density at radius 2 is 1.77 bits per heavy atom. The minimum absolute atomic E-state index is 0.378. The van der Waals surface area contributed by atoms with E-state index in [0.29, 0.717) is 13.2 Å². The second-order valence-electron chi connectivity index (χ2n) is 2.41. The van der Waals surface area contributed by atoms with E-state index in [1.165, 1.54) is 0 Å². The first-order valence-electron chi connectivity index (χ1n) is 4.66. The van der Waals surface area contributed by atoms with E-state index in [9.17, 15) is 4.79 Å². The summed E-state index contributed by atoms with van der Waals surface area (Å²) in [5.41, 5.74) is 0. The van der Waals surface area contributed by atoms with Crippen molar-refractivity contribution in [1.82, 2.24) is 0 Å². The Bertz CT molecular complexity index is 134. The summed E-state index contributed by atoms with van der Waals surface area (Å²) in [4.78, 5) is 11.2. The van der Waals surface area contributed by atoms with Crippen molar-refractivity contribution in [3.63, 3.8) is 0 Å². The zero-order valence-corrected chi connectivity index (χ0v) is 9.95. The fourth-order valence-corrected chi connectivity index (χ4v) is 1.30. The second-order valence-corrected chi connectivity index (χ2v) is 4.11. The van der Waals surface area contributed by atoms with E-state index < -0.39 is 16.1 Å². The number of carbonyl (C=O) groups excluding carboxylic acids is 1. The van der Waals surface area contributed by atoms with Gasteiger partial charge in [-0.3, -0.25) is 0 Å². The maximum atomic E-state index is 11.2. The van der Waals surface area contributed by atoms with E-state index in [1.54, 1.807) is 0 Å². The van der Waals surface area contributed by atoms with E-state index in [4.69, 9.17) is 13.9 Å². The van der Waals surface area contributed by atoms with Gasteiger partial charge in [-0.1, -0.05) is 6.92 Å². The summed E-state index contributed by atoms with van der Waals surface area (Å²) in [7, 11) is -0.712. The molecule has 0 N–H and O–H groups in total. The molecule has 13 heavy (non-hydrogen) atoms. The van der Waals surface area contributed by atoms with Crippen LogP contribution in [0.1, 0.15) is 20.8 Å². The predicted molar refractivity (Wildman–Crippen MR) is 52.2 cm³/mol. The molecule has 0 saturated heterocycles. The van der Waals surface area contributed by atoms with Crippen molar-refractivity contribution in [2.45, 2.75) is 33.1 Å². The molecule has 0 atom stereocenters. The fraction of sp³-hybridized carbons (Fsp3) is 0.875. The lowest BCUT2D eigenvalue weighted by Crippen LogP contribution is -2.30. The first kappa shape index (κ1) is 12.6. The highest BCUT2D eigenvalue weighted by Gasteiger charge is 2.19. The Balaban J connectivity index is 3.80. The minimum atomic E-state index is -0.825. The van der Waals surface area contributed by atoms with Crippen molar-refractivity contribution in [1.29, 1.82) is 0 Å². The lowest BCUT2D eigenvalue weighted by Gasteiger charge is -2.15. The number of hydrogen-bond acceptors (Lipinski definition) is 4. The molecule has 0 radical (unpaired) electrons. The summed E-state index contributed by atoms with van der Waals surface area (Å²) >= 11 is 0. The number of carbonyl (C=O) groups is 1. The number of hydrogen-bond donors (Lipinski definition) is 0. The number of ether oxygens (including phenoxy) is 2. The van der Waals surface area contributed by atoms with Crippen LogP contribution in [0.15, 0.2) is 0 Å². The van der Waals surface area contributed by atoms with Crippen LogP contribution < -0.4 is 0 Å². The largest absolute Gasteiger partial charge is 0.521 e. The quantitative estimate of drug-likeness (QED) is 0.448. The van der Waals surface area contributed by atoms with Gasteiger partial charge in [0.15, 0.2) is 0 Å². The van der Waals surface area contributed by atoms with Gasteiger partial charge in [0.1, 0.15) is 0 Å². The third-order valence-electron chi connectivity index (χ3n) is 1.28. The van der Waals surface area contributed by atoms with Gasteiger partial charge in [-0.25, -0.2) is 4.79 Å². The molecular weight excluding hydrogens is 188 g/mol. The van der Waals surface area contributed by atoms with Crippen molar-refractivity contribution >= 4 is 15.7 Å². The molecule has 0 amide bonds. The van der Waals surface area contributed by atoms with Gasteiger partial charge in [0, 0.05) is 13.2 Å². The smallest absolute Gasteiger partial charge is 0.349 e. The SMILES string of the molecule is CCOC(OCC)C(=O)O[SiH2]CC. The maximum absolute atomic E-state index is 11.2. The Labute approximate surface area is 81.5 Å². The molecule has 5 heteroatoms. The summed E-state index contributed by atoms with van der Waals surface area (Å²) in [6.45, 7) is 6.53. The highest BCUT2D eigenvalue weighted by atomic mass is 28.2. The summed E-state index contributed by atoms with van der Waals surface area (Å²) in [5.74, 6) is -0.378. The molecule has 0 aromatic heterocycles. The van der Waals surface area contributed by atoms with Gasteiger partial charge in [-0.15, -0.1) is 0 Å². The van der Waals surface area contributed by atoms with E-state index in [0.717, 1.165) is 6.04 Å². The molecule has 0 spiro atoms. The van der Waals surface area contributed by atoms with Crippen LogP contribution in [0.25, 0.3) is 0 Å². The van der Waals surface area contributed by atoms with Crippen LogP contribution >= 0.6 is 0 Å². The molecule has 0 aliphatic rings. The minimum Gasteiger partial charge on any atom is -0.521 e. The van der Waals surface area contributed by atoms with E-state index >= 15 is 0 Å². The maximum Gasteiger partial charge on any atom is 0.349 e. The van der Waals surface area contributed by atoms with Gasteiger partial charge in [0.2, 0.25) is 9.76 Å². The van der Waals surface area contributed by atoms with Crippen LogP contribution in [0.2, 0.25) is 6.04 Å². The molecule has 4 nitrogen and oxygen atoms in total. The highest BCUT2D eigenvalue weighted by molar-refractivity contribution is 6.30. The van der Waals surface area contributed by atoms with Gasteiger partial charge >= 0.3 is 5.97 Å². The standard InChI is InChI=1S/C8H18O4Si/c1-4-10-8(11-5-2)7(9)12-13-6-3/h8H,4-6,13H2,1-3H3. The Kier molecular flexibility index (Phi) is 7.97. The predicted octanol–water partition coefficient (Wildman–Crippen LogP) is 0.451. The molecule has 0 aliphatic heterocycles. The molecule has 0 fully saturated rings. The van der Waals surface area contributed by atoms with Crippen LogP contribution in [-0.2, 0) is 18.7 Å². The first-order valence-corrected chi connectivity index (χ1v) is 6.23. The van der Waals surface area contributed by atoms with Gasteiger partial charge in [0.05, 0.1) is 0 Å². The average Bonchev–Trinajstić information content (AvgIpc) is 2.14. The fourth-order valence-electron chi connectivity index (χ4n) is 0.758. The highest BCUT2D eigenvalue weighted by Crippen LogP contribution is 1.98. The van der Waals surface area contributed by atoms with Crippen LogP contribution in [0.5, 0.6) is 0 Å². The normalized spacial score (nSPS) is 11.4. The Hall–Kier alpha value is -0.393. The summed E-state index contributed by atoms with van der Waals surface area (Å²) in [6.07, 6.45) is -0.825. The zero-order chi connectivity index (χ0) is 10.1. The zero-order valence-electron chi connectivity index (χ0n) is 8.54. The molecule has 0 unspecified atom stereocenters. The van der Waals surface area contributed by atoms with E-state index in [2.05, 4.69) is 0 Å². The molecule has 0 aromatic carbocycles. The summed E-state index contributed by atoms with van der Waals surface area (Å²) in [5, 5.41) is 0. The molecule has 0 heterocycles. The third-order valence-corrected chi connectivity index (χ3v) is 2.17. The van der Waals surface area contributed by atoms with Gasteiger partial charge in [0.25, 0.3) is 6.29 Å². The third kappa shape index (κ3) is 5.79. The van der Waals surface area contributed by atoms with Crippen LogP contribution in [0.4, 0.5) is 0 Å². The summed E-state index contributed by atoms with van der Waals surface area (Å²) < 4.78 is 15.1. The van der Waals surface area contributed by atoms with Crippen molar-refractivity contribution in [2.24, 2.45) is 0 Å². The monoisotopic (exact) mass is 206 g/mol. The molecule has 78 valence electrons. The van der Waals surface area contributed by atoms with Crippen LogP contribution in [0, 0.1) is 0 Å². The molecule has 0 rings (SSSR count). The molecule has 0 bridgehead atoms. The summed E-state index contributed by atoms with van der Waals surface area (Å²) in [6, 6.07) is 0.941. The Morgan fingerprint density at radius 3 is 2.15 bits per heavy atom. The number of rotatable bonds is 7. The van der Waals surface area contributed by atoms with Crippen LogP contribution in [0.3, 0.4) is 0 Å². The molecule has 0 aliphatic carbocycles. The Morgan fingerprint density at radius 1 is 1.23 bits per heavy atom. The van der Waals surface area contributed by atoms with Crippen LogP contribution in [-0.4, -0.2) is 35.2 Å². The second kappa shape index (κ2) is 8.22. The topological polar surface area (TPSA) is 44.8 Å². The lowest BCUT2D eigenvalue weighted by molar-refractivity contribution is -0.184. The van der Waals surface area contributed by atoms with E-state index in [-0.39, 0.29) is 5.97 Å². The van der Waals surface area contributed by atoms with Crippen molar-refractivity contribution in [3.05, 3.63) is 0 Å². The lowest BCUT2D eigenvalue weighted by atomic mass is 10.6. The van der Waals surface area contributed by atoms with E-state index in [1.807, 2.05) is 20.8 Å². The van der Waals surface area contributed by atoms with Crippen molar-refractivity contribution < 1.29 is 18.7 Å². The van der Waals surface area contributed by atoms with Gasteiger partial charge in [-0.05, 0) is 19.9 Å². The molecular formula is C8H18O4Si. The van der Waals surface area contributed by atoms with Gasteiger partial charge < -0.3 is 13.9 Å². The van der Waals surface area contributed by atoms with Crippen molar-refractivity contribution in [3.8, 4) is 0 Å². The molecule has 0 aromatic rings. The first-order chi connectivity index (χ1) is 6.26.